The maximum Gasteiger partial charge on any atom is 0.272 e. The number of anilines is 3. The normalized spacial score (nSPS) is 13.0. The van der Waals surface area contributed by atoms with Gasteiger partial charge in [0, 0.05) is 44.3 Å². The second kappa shape index (κ2) is 7.91. The Kier molecular flexibility index (Phi) is 5.16. The molecule has 3 aromatic rings. The number of carbonyl (C=O) groups is 1. The van der Waals surface area contributed by atoms with Crippen LogP contribution in [0.5, 0.6) is 0 Å². The van der Waals surface area contributed by atoms with E-state index in [0.717, 1.165) is 23.5 Å². The molecule has 0 spiro atoms. The Morgan fingerprint density at radius 3 is 2.48 bits per heavy atom. The lowest BCUT2D eigenvalue weighted by molar-refractivity contribution is 0.0728. The third kappa shape index (κ3) is 4.21. The summed E-state index contributed by atoms with van der Waals surface area (Å²) < 4.78 is 0. The van der Waals surface area contributed by atoms with Crippen LogP contribution in [0.25, 0.3) is 0 Å². The lowest BCUT2D eigenvalue weighted by Crippen LogP contribution is -2.36. The molecular weight excluding hydrogens is 362 g/mol. The Hall–Kier alpha value is -3.41. The SMILES string of the molecule is Cc1cc(C(=O)N2CCc3ccccc3C2)nc(Nc2ccc(N(C)C)cc2)n1. The Balaban J connectivity index is 1.53. The molecule has 2 heterocycles. The first-order valence-electron chi connectivity index (χ1n) is 9.76. The number of aryl methyl sites for hydroxylation is 1. The minimum Gasteiger partial charge on any atom is -0.378 e. The van der Waals surface area contributed by atoms with Crippen molar-refractivity contribution in [2.45, 2.75) is 19.9 Å². The molecule has 0 bridgehead atoms. The zero-order chi connectivity index (χ0) is 20.4. The van der Waals surface area contributed by atoms with E-state index in [1.165, 1.54) is 11.1 Å². The molecule has 148 valence electrons. The molecule has 0 saturated heterocycles. The molecule has 29 heavy (non-hydrogen) atoms. The van der Waals surface area contributed by atoms with Gasteiger partial charge in [-0.25, -0.2) is 9.97 Å². The van der Waals surface area contributed by atoms with Gasteiger partial charge in [-0.3, -0.25) is 4.79 Å². The average molecular weight is 387 g/mol. The Bertz CT molecular complexity index is 1030. The molecule has 6 nitrogen and oxygen atoms in total. The minimum absolute atomic E-state index is 0.0593. The molecule has 0 radical (unpaired) electrons. The second-order valence-electron chi connectivity index (χ2n) is 7.53. The van der Waals surface area contributed by atoms with Crippen molar-refractivity contribution in [3.8, 4) is 0 Å². The second-order valence-corrected chi connectivity index (χ2v) is 7.53. The predicted octanol–water partition coefficient (Wildman–Crippen LogP) is 3.79. The largest absolute Gasteiger partial charge is 0.378 e. The molecular formula is C23H25N5O. The fourth-order valence-corrected chi connectivity index (χ4v) is 3.54. The molecule has 1 aliphatic rings. The summed E-state index contributed by atoms with van der Waals surface area (Å²) in [5, 5.41) is 3.21. The summed E-state index contributed by atoms with van der Waals surface area (Å²) in [4.78, 5) is 25.9. The maximum atomic E-state index is 13.1. The number of fused-ring (bicyclic) bond motifs is 1. The van der Waals surface area contributed by atoms with Gasteiger partial charge in [-0.15, -0.1) is 0 Å². The number of nitrogens with one attached hydrogen (secondary N) is 1. The number of amides is 1. The summed E-state index contributed by atoms with van der Waals surface area (Å²) in [7, 11) is 4.01. The number of hydrogen-bond acceptors (Lipinski definition) is 5. The molecule has 1 N–H and O–H groups in total. The van der Waals surface area contributed by atoms with E-state index in [4.69, 9.17) is 0 Å². The van der Waals surface area contributed by atoms with Gasteiger partial charge in [0.05, 0.1) is 0 Å². The highest BCUT2D eigenvalue weighted by Crippen LogP contribution is 2.22. The number of aromatic nitrogens is 2. The van der Waals surface area contributed by atoms with E-state index in [0.29, 0.717) is 24.7 Å². The lowest BCUT2D eigenvalue weighted by atomic mass is 10.00. The lowest BCUT2D eigenvalue weighted by Gasteiger charge is -2.28. The van der Waals surface area contributed by atoms with Gasteiger partial charge in [-0.2, -0.15) is 0 Å². The van der Waals surface area contributed by atoms with Crippen LogP contribution in [-0.2, 0) is 13.0 Å². The van der Waals surface area contributed by atoms with Gasteiger partial charge in [-0.05, 0) is 54.8 Å². The van der Waals surface area contributed by atoms with Gasteiger partial charge in [0.15, 0.2) is 0 Å². The molecule has 0 saturated carbocycles. The standard InChI is InChI=1S/C23H25N5O/c1-16-14-21(22(29)28-13-12-17-6-4-5-7-18(17)15-28)26-23(24-16)25-19-8-10-20(11-9-19)27(2)3/h4-11,14H,12-13,15H2,1-3H3,(H,24,25,26). The van der Waals surface area contributed by atoms with Gasteiger partial charge >= 0.3 is 0 Å². The summed E-state index contributed by atoms with van der Waals surface area (Å²) in [5.41, 5.74) is 5.70. The van der Waals surface area contributed by atoms with Crippen LogP contribution in [0, 0.1) is 6.92 Å². The quantitative estimate of drug-likeness (QED) is 0.738. The van der Waals surface area contributed by atoms with Crippen molar-refractivity contribution in [3.63, 3.8) is 0 Å². The molecule has 0 unspecified atom stereocenters. The Morgan fingerprint density at radius 2 is 1.76 bits per heavy atom. The van der Waals surface area contributed by atoms with Crippen LogP contribution in [0.4, 0.5) is 17.3 Å². The molecule has 0 atom stereocenters. The number of nitrogens with zero attached hydrogens (tertiary/aromatic N) is 4. The van der Waals surface area contributed by atoms with Crippen molar-refractivity contribution in [2.24, 2.45) is 0 Å². The highest BCUT2D eigenvalue weighted by molar-refractivity contribution is 5.93. The van der Waals surface area contributed by atoms with E-state index in [1.807, 2.05) is 67.2 Å². The fourth-order valence-electron chi connectivity index (χ4n) is 3.54. The van der Waals surface area contributed by atoms with E-state index < -0.39 is 0 Å². The zero-order valence-electron chi connectivity index (χ0n) is 17.0. The Labute approximate surface area is 171 Å². The van der Waals surface area contributed by atoms with Gasteiger partial charge in [-0.1, -0.05) is 24.3 Å². The smallest absolute Gasteiger partial charge is 0.272 e. The number of hydrogen-bond donors (Lipinski definition) is 1. The zero-order valence-corrected chi connectivity index (χ0v) is 17.0. The predicted molar refractivity (Wildman–Crippen MR) is 116 cm³/mol. The van der Waals surface area contributed by atoms with E-state index in [2.05, 4.69) is 27.4 Å². The van der Waals surface area contributed by atoms with Gasteiger partial charge in [0.2, 0.25) is 5.95 Å². The highest BCUT2D eigenvalue weighted by atomic mass is 16.2. The minimum atomic E-state index is -0.0593. The third-order valence-corrected chi connectivity index (χ3v) is 5.13. The number of benzene rings is 2. The molecule has 2 aromatic carbocycles. The third-order valence-electron chi connectivity index (χ3n) is 5.13. The van der Waals surface area contributed by atoms with E-state index in [9.17, 15) is 4.79 Å². The molecule has 0 fully saturated rings. The van der Waals surface area contributed by atoms with Crippen molar-refractivity contribution in [2.75, 3.05) is 30.9 Å². The van der Waals surface area contributed by atoms with Crippen LogP contribution in [0.3, 0.4) is 0 Å². The van der Waals surface area contributed by atoms with Crippen molar-refractivity contribution < 1.29 is 4.79 Å². The van der Waals surface area contributed by atoms with Gasteiger partial charge < -0.3 is 15.1 Å². The summed E-state index contributed by atoms with van der Waals surface area (Å²) in [6.07, 6.45) is 0.870. The van der Waals surface area contributed by atoms with Crippen LogP contribution in [0.1, 0.15) is 27.3 Å². The van der Waals surface area contributed by atoms with E-state index >= 15 is 0 Å². The molecule has 1 amide bonds. The summed E-state index contributed by atoms with van der Waals surface area (Å²) in [6, 6.07) is 18.0. The molecule has 0 aliphatic carbocycles. The fraction of sp³-hybridized carbons (Fsp3) is 0.261. The summed E-state index contributed by atoms with van der Waals surface area (Å²) in [5.74, 6) is 0.374. The van der Waals surface area contributed by atoms with Crippen LogP contribution >= 0.6 is 0 Å². The molecule has 1 aromatic heterocycles. The summed E-state index contributed by atoms with van der Waals surface area (Å²) >= 11 is 0. The van der Waals surface area contributed by atoms with Crippen molar-refractivity contribution in [1.29, 1.82) is 0 Å². The summed E-state index contributed by atoms with van der Waals surface area (Å²) in [6.45, 7) is 3.20. The first-order chi connectivity index (χ1) is 14.0. The highest BCUT2D eigenvalue weighted by Gasteiger charge is 2.23. The Morgan fingerprint density at radius 1 is 1.03 bits per heavy atom. The average Bonchev–Trinajstić information content (AvgIpc) is 2.73. The van der Waals surface area contributed by atoms with E-state index in [-0.39, 0.29) is 5.91 Å². The van der Waals surface area contributed by atoms with Crippen molar-refractivity contribution in [1.82, 2.24) is 14.9 Å². The van der Waals surface area contributed by atoms with Crippen LogP contribution in [0.2, 0.25) is 0 Å². The first-order valence-corrected chi connectivity index (χ1v) is 9.76. The van der Waals surface area contributed by atoms with Gasteiger partial charge in [0.25, 0.3) is 5.91 Å². The maximum absolute atomic E-state index is 13.1. The van der Waals surface area contributed by atoms with Crippen molar-refractivity contribution >= 4 is 23.2 Å². The first kappa shape index (κ1) is 18.9. The molecule has 6 heteroatoms. The van der Waals surface area contributed by atoms with Crippen LogP contribution in [-0.4, -0.2) is 41.4 Å². The molecule has 1 aliphatic heterocycles. The van der Waals surface area contributed by atoms with Crippen molar-refractivity contribution in [3.05, 3.63) is 77.1 Å². The van der Waals surface area contributed by atoms with Gasteiger partial charge in [0.1, 0.15) is 5.69 Å². The molecule has 4 rings (SSSR count). The number of carbonyl (C=O) groups excluding carboxylic acids is 1. The number of rotatable bonds is 4. The monoisotopic (exact) mass is 387 g/mol. The van der Waals surface area contributed by atoms with Crippen LogP contribution in [0.15, 0.2) is 54.6 Å². The topological polar surface area (TPSA) is 61.4 Å². The van der Waals surface area contributed by atoms with E-state index in [1.54, 1.807) is 6.07 Å². The van der Waals surface area contributed by atoms with Crippen LogP contribution < -0.4 is 10.2 Å².